The van der Waals surface area contributed by atoms with Gasteiger partial charge in [-0.2, -0.15) is 0 Å². The topological polar surface area (TPSA) is 55.4 Å². The third kappa shape index (κ3) is 4.76. The fourth-order valence-corrected chi connectivity index (χ4v) is 2.11. The molecule has 0 radical (unpaired) electrons. The van der Waals surface area contributed by atoms with Crippen molar-refractivity contribution in [3.8, 4) is 0 Å². The third-order valence-corrected chi connectivity index (χ3v) is 3.53. The number of rotatable bonds is 5. The largest absolute Gasteiger partial charge is 0.452 e. The highest BCUT2D eigenvalue weighted by molar-refractivity contribution is 6.31. The molecule has 2 aromatic carbocycles. The van der Waals surface area contributed by atoms with Gasteiger partial charge in [0.05, 0.1) is 6.42 Å². The predicted molar refractivity (Wildman–Crippen MR) is 85.7 cm³/mol. The normalized spacial score (nSPS) is 11.7. The summed E-state index contributed by atoms with van der Waals surface area (Å²) in [5.41, 5.74) is 0.644. The lowest BCUT2D eigenvalue weighted by Crippen LogP contribution is -2.30. The van der Waals surface area contributed by atoms with Crippen molar-refractivity contribution in [2.75, 3.05) is 5.32 Å². The van der Waals surface area contributed by atoms with Gasteiger partial charge < -0.3 is 10.1 Å². The van der Waals surface area contributed by atoms with Crippen LogP contribution in [0.25, 0.3) is 0 Å². The van der Waals surface area contributed by atoms with Crippen LogP contribution in [0.4, 0.5) is 14.5 Å². The Balaban J connectivity index is 1.92. The van der Waals surface area contributed by atoms with Crippen molar-refractivity contribution in [3.05, 3.63) is 64.7 Å². The van der Waals surface area contributed by atoms with Gasteiger partial charge in [0.2, 0.25) is 0 Å². The van der Waals surface area contributed by atoms with E-state index in [9.17, 15) is 18.4 Å². The van der Waals surface area contributed by atoms with Gasteiger partial charge in [0.15, 0.2) is 17.7 Å². The van der Waals surface area contributed by atoms with Crippen LogP contribution in [0.5, 0.6) is 0 Å². The zero-order valence-corrected chi connectivity index (χ0v) is 13.4. The van der Waals surface area contributed by atoms with Crippen LogP contribution in [0.2, 0.25) is 5.02 Å². The summed E-state index contributed by atoms with van der Waals surface area (Å²) >= 11 is 5.95. The van der Waals surface area contributed by atoms with Crippen LogP contribution < -0.4 is 5.32 Å². The van der Waals surface area contributed by atoms with E-state index in [1.54, 1.807) is 24.3 Å². The smallest absolute Gasteiger partial charge is 0.311 e. The SMILES string of the molecule is C[C@H](OC(=O)Cc1ccccc1Cl)C(=O)Nc1ccc(F)c(F)c1. The summed E-state index contributed by atoms with van der Waals surface area (Å²) in [5.74, 6) is -3.40. The number of carbonyl (C=O) groups excluding carboxylic acids is 2. The molecule has 0 unspecified atom stereocenters. The van der Waals surface area contributed by atoms with Crippen LogP contribution in [-0.2, 0) is 20.7 Å². The molecule has 0 aliphatic heterocycles. The molecule has 126 valence electrons. The van der Waals surface area contributed by atoms with Gasteiger partial charge in [-0.3, -0.25) is 9.59 Å². The van der Waals surface area contributed by atoms with Gasteiger partial charge in [0.1, 0.15) is 0 Å². The Hall–Kier alpha value is -2.47. The van der Waals surface area contributed by atoms with E-state index in [-0.39, 0.29) is 12.1 Å². The van der Waals surface area contributed by atoms with E-state index in [1.165, 1.54) is 13.0 Å². The highest BCUT2D eigenvalue weighted by Gasteiger charge is 2.19. The summed E-state index contributed by atoms with van der Waals surface area (Å²) in [6.07, 6.45) is -1.18. The highest BCUT2D eigenvalue weighted by Crippen LogP contribution is 2.17. The summed E-state index contributed by atoms with van der Waals surface area (Å²) < 4.78 is 31.0. The monoisotopic (exact) mass is 353 g/mol. The van der Waals surface area contributed by atoms with E-state index in [0.717, 1.165) is 12.1 Å². The second-order valence-corrected chi connectivity index (χ2v) is 5.43. The molecule has 1 amide bonds. The number of halogens is 3. The minimum absolute atomic E-state index is 0.0629. The zero-order valence-electron chi connectivity index (χ0n) is 12.7. The Morgan fingerprint density at radius 1 is 1.17 bits per heavy atom. The summed E-state index contributed by atoms with van der Waals surface area (Å²) in [5, 5.41) is 2.77. The van der Waals surface area contributed by atoms with Crippen LogP contribution >= 0.6 is 11.6 Å². The van der Waals surface area contributed by atoms with E-state index in [0.29, 0.717) is 10.6 Å². The summed E-state index contributed by atoms with van der Waals surface area (Å²) in [6.45, 7) is 1.37. The van der Waals surface area contributed by atoms with Gasteiger partial charge in [0.25, 0.3) is 5.91 Å². The van der Waals surface area contributed by atoms with E-state index >= 15 is 0 Å². The Labute approximate surface area is 142 Å². The maximum atomic E-state index is 13.1. The van der Waals surface area contributed by atoms with Crippen molar-refractivity contribution < 1.29 is 23.1 Å². The number of anilines is 1. The first-order valence-corrected chi connectivity index (χ1v) is 7.43. The van der Waals surface area contributed by atoms with E-state index in [4.69, 9.17) is 16.3 Å². The summed E-state index contributed by atoms with van der Waals surface area (Å²) in [6, 6.07) is 9.71. The average molecular weight is 354 g/mol. The first-order valence-electron chi connectivity index (χ1n) is 7.05. The van der Waals surface area contributed by atoms with Gasteiger partial charge >= 0.3 is 5.97 Å². The molecule has 7 heteroatoms. The molecule has 0 spiro atoms. The summed E-state index contributed by atoms with van der Waals surface area (Å²) in [7, 11) is 0. The molecular weight excluding hydrogens is 340 g/mol. The zero-order chi connectivity index (χ0) is 17.7. The van der Waals surface area contributed by atoms with Gasteiger partial charge in [-0.15, -0.1) is 0 Å². The number of carbonyl (C=O) groups is 2. The minimum atomic E-state index is -1.10. The third-order valence-electron chi connectivity index (χ3n) is 3.16. The van der Waals surface area contributed by atoms with Gasteiger partial charge in [-0.1, -0.05) is 29.8 Å². The molecular formula is C17H14ClF2NO3. The molecule has 0 aliphatic carbocycles. The fraction of sp³-hybridized carbons (Fsp3) is 0.176. The molecule has 4 nitrogen and oxygen atoms in total. The van der Waals surface area contributed by atoms with Gasteiger partial charge in [0, 0.05) is 16.8 Å². The molecule has 0 aromatic heterocycles. The molecule has 0 saturated heterocycles. The van der Waals surface area contributed by atoms with Crippen molar-refractivity contribution in [3.63, 3.8) is 0 Å². The Bertz CT molecular complexity index is 767. The molecule has 0 heterocycles. The van der Waals surface area contributed by atoms with E-state index < -0.39 is 29.6 Å². The Kier molecular flexibility index (Phi) is 5.87. The number of esters is 1. The van der Waals surface area contributed by atoms with Crippen LogP contribution in [0, 0.1) is 11.6 Å². The van der Waals surface area contributed by atoms with Crippen LogP contribution in [0.15, 0.2) is 42.5 Å². The second-order valence-electron chi connectivity index (χ2n) is 5.02. The lowest BCUT2D eigenvalue weighted by atomic mass is 10.1. The van der Waals surface area contributed by atoms with Gasteiger partial charge in [-0.05, 0) is 30.7 Å². The van der Waals surface area contributed by atoms with Crippen LogP contribution in [0.1, 0.15) is 12.5 Å². The molecule has 1 atom stereocenters. The Morgan fingerprint density at radius 3 is 2.54 bits per heavy atom. The molecule has 24 heavy (non-hydrogen) atoms. The van der Waals surface area contributed by atoms with Crippen molar-refractivity contribution in [1.82, 2.24) is 0 Å². The first kappa shape index (κ1) is 17.9. The standard InChI is InChI=1S/C17H14ClF2NO3/c1-10(17(23)21-12-6-7-14(19)15(20)9-12)24-16(22)8-11-4-2-3-5-13(11)18/h2-7,9-10H,8H2,1H3,(H,21,23)/t10-/m0/s1. The lowest BCUT2D eigenvalue weighted by molar-refractivity contribution is -0.152. The van der Waals surface area contributed by atoms with Crippen molar-refractivity contribution in [2.45, 2.75) is 19.4 Å². The van der Waals surface area contributed by atoms with Crippen molar-refractivity contribution in [2.24, 2.45) is 0 Å². The maximum absolute atomic E-state index is 13.1. The Morgan fingerprint density at radius 2 is 1.88 bits per heavy atom. The number of hydrogen-bond donors (Lipinski definition) is 1. The maximum Gasteiger partial charge on any atom is 0.311 e. The molecule has 0 saturated carbocycles. The molecule has 2 aromatic rings. The quantitative estimate of drug-likeness (QED) is 0.833. The van der Waals surface area contributed by atoms with Crippen LogP contribution in [-0.4, -0.2) is 18.0 Å². The van der Waals surface area contributed by atoms with E-state index in [2.05, 4.69) is 5.32 Å². The first-order chi connectivity index (χ1) is 11.4. The number of amides is 1. The fourth-order valence-electron chi connectivity index (χ4n) is 1.91. The van der Waals surface area contributed by atoms with Crippen molar-refractivity contribution in [1.29, 1.82) is 0 Å². The van der Waals surface area contributed by atoms with Crippen LogP contribution in [0.3, 0.4) is 0 Å². The molecule has 1 N–H and O–H groups in total. The van der Waals surface area contributed by atoms with E-state index in [1.807, 2.05) is 0 Å². The van der Waals surface area contributed by atoms with Crippen molar-refractivity contribution >= 4 is 29.2 Å². The number of benzene rings is 2. The van der Waals surface area contributed by atoms with Gasteiger partial charge in [-0.25, -0.2) is 8.78 Å². The molecule has 0 fully saturated rings. The number of ether oxygens (including phenoxy) is 1. The summed E-state index contributed by atoms with van der Waals surface area (Å²) in [4.78, 5) is 23.8. The predicted octanol–water partition coefficient (Wildman–Crippen LogP) is 3.73. The molecule has 2 rings (SSSR count). The highest BCUT2D eigenvalue weighted by atomic mass is 35.5. The minimum Gasteiger partial charge on any atom is -0.452 e. The average Bonchev–Trinajstić information content (AvgIpc) is 2.53. The molecule has 0 aliphatic rings. The molecule has 0 bridgehead atoms. The second kappa shape index (κ2) is 7.88. The lowest BCUT2D eigenvalue weighted by Gasteiger charge is -2.14. The number of nitrogens with one attached hydrogen (secondary N) is 1. The number of hydrogen-bond acceptors (Lipinski definition) is 3.